The van der Waals surface area contributed by atoms with Crippen LogP contribution in [0.1, 0.15) is 56.8 Å². The van der Waals surface area contributed by atoms with E-state index in [-0.39, 0.29) is 16.0 Å². The molecule has 0 saturated carbocycles. The van der Waals surface area contributed by atoms with Gasteiger partial charge in [-0.15, -0.1) is 0 Å². The number of carboxylic acids is 1. The van der Waals surface area contributed by atoms with Gasteiger partial charge in [0.1, 0.15) is 0 Å². The summed E-state index contributed by atoms with van der Waals surface area (Å²) >= 11 is 5.96. The largest absolute Gasteiger partial charge is 0.478 e. The number of rotatable bonds is 8. The maximum Gasteiger partial charge on any atom is 0.337 e. The molecule has 0 fully saturated rings. The third-order valence-corrected chi connectivity index (χ3v) is 3.74. The molecular formula is C16H24ClNO2. The number of aromatic carboxylic acids is 1. The third kappa shape index (κ3) is 5.41. The number of benzene rings is 1. The molecule has 0 aromatic heterocycles. The van der Waals surface area contributed by atoms with Crippen molar-refractivity contribution >= 4 is 23.3 Å². The lowest BCUT2D eigenvalue weighted by Gasteiger charge is -2.25. The van der Waals surface area contributed by atoms with E-state index in [4.69, 9.17) is 16.7 Å². The molecule has 0 bridgehead atoms. The van der Waals surface area contributed by atoms with Crippen LogP contribution in [-0.2, 0) is 0 Å². The Morgan fingerprint density at radius 1 is 1.35 bits per heavy atom. The van der Waals surface area contributed by atoms with Crippen molar-refractivity contribution in [3.8, 4) is 0 Å². The van der Waals surface area contributed by atoms with Crippen molar-refractivity contribution < 1.29 is 9.90 Å². The molecule has 0 atom stereocenters. The van der Waals surface area contributed by atoms with Gasteiger partial charge in [-0.05, 0) is 30.0 Å². The van der Waals surface area contributed by atoms with Crippen LogP contribution in [0.5, 0.6) is 0 Å². The maximum absolute atomic E-state index is 10.9. The Kier molecular flexibility index (Phi) is 6.34. The first kappa shape index (κ1) is 16.8. The summed E-state index contributed by atoms with van der Waals surface area (Å²) in [5.41, 5.74) is 1.22. The van der Waals surface area contributed by atoms with Crippen molar-refractivity contribution in [1.82, 2.24) is 0 Å². The Hall–Kier alpha value is -1.22. The molecule has 1 rings (SSSR count). The number of halogens is 1. The second-order valence-corrected chi connectivity index (χ2v) is 6.38. The minimum atomic E-state index is -0.999. The quantitative estimate of drug-likeness (QED) is 0.660. The van der Waals surface area contributed by atoms with E-state index in [1.54, 1.807) is 12.1 Å². The number of anilines is 1. The Morgan fingerprint density at radius 3 is 2.60 bits per heavy atom. The van der Waals surface area contributed by atoms with Crippen molar-refractivity contribution in [3.63, 3.8) is 0 Å². The standard InChI is InChI=1S/C16H24ClNO2/c1-4-5-6-9-16(2,3)11-18-12-7-8-13(15(19)20)14(17)10-12/h7-8,10,18H,4-6,9,11H2,1-3H3,(H,19,20). The van der Waals surface area contributed by atoms with E-state index < -0.39 is 5.97 Å². The summed E-state index contributed by atoms with van der Waals surface area (Å²) in [6.07, 6.45) is 4.91. The maximum atomic E-state index is 10.9. The van der Waals surface area contributed by atoms with Gasteiger partial charge in [0.25, 0.3) is 0 Å². The molecule has 0 spiro atoms. The van der Waals surface area contributed by atoms with E-state index >= 15 is 0 Å². The average molecular weight is 298 g/mol. The molecule has 112 valence electrons. The summed E-state index contributed by atoms with van der Waals surface area (Å²) in [6.45, 7) is 7.53. The second-order valence-electron chi connectivity index (χ2n) is 5.97. The molecular weight excluding hydrogens is 274 g/mol. The van der Waals surface area contributed by atoms with Gasteiger partial charge in [-0.3, -0.25) is 0 Å². The van der Waals surface area contributed by atoms with Crippen molar-refractivity contribution in [2.75, 3.05) is 11.9 Å². The fourth-order valence-electron chi connectivity index (χ4n) is 2.08. The average Bonchev–Trinajstić information content (AvgIpc) is 2.36. The van der Waals surface area contributed by atoms with E-state index in [1.165, 1.54) is 31.7 Å². The first-order chi connectivity index (χ1) is 9.35. The van der Waals surface area contributed by atoms with Crippen LogP contribution in [0.15, 0.2) is 18.2 Å². The molecule has 20 heavy (non-hydrogen) atoms. The van der Waals surface area contributed by atoms with E-state index in [2.05, 4.69) is 26.1 Å². The van der Waals surface area contributed by atoms with E-state index in [0.29, 0.717) is 0 Å². The third-order valence-electron chi connectivity index (χ3n) is 3.43. The Balaban J connectivity index is 2.57. The van der Waals surface area contributed by atoms with Crippen LogP contribution >= 0.6 is 11.6 Å². The Bertz CT molecular complexity index is 458. The topological polar surface area (TPSA) is 49.3 Å². The Labute approximate surface area is 126 Å². The van der Waals surface area contributed by atoms with Gasteiger partial charge in [0.2, 0.25) is 0 Å². The van der Waals surface area contributed by atoms with Gasteiger partial charge in [-0.2, -0.15) is 0 Å². The molecule has 4 heteroatoms. The van der Waals surface area contributed by atoms with Gasteiger partial charge in [-0.1, -0.05) is 51.6 Å². The molecule has 0 radical (unpaired) electrons. The first-order valence-corrected chi connectivity index (χ1v) is 7.50. The van der Waals surface area contributed by atoms with Gasteiger partial charge in [0.15, 0.2) is 0 Å². The van der Waals surface area contributed by atoms with Crippen LogP contribution in [0.4, 0.5) is 5.69 Å². The van der Waals surface area contributed by atoms with Gasteiger partial charge in [0, 0.05) is 12.2 Å². The van der Waals surface area contributed by atoms with Crippen LogP contribution in [0.2, 0.25) is 5.02 Å². The zero-order chi connectivity index (χ0) is 15.2. The highest BCUT2D eigenvalue weighted by atomic mass is 35.5. The molecule has 0 unspecified atom stereocenters. The van der Waals surface area contributed by atoms with Crippen LogP contribution < -0.4 is 5.32 Å². The minimum absolute atomic E-state index is 0.138. The molecule has 0 aliphatic heterocycles. The van der Waals surface area contributed by atoms with Crippen LogP contribution in [0.25, 0.3) is 0 Å². The first-order valence-electron chi connectivity index (χ1n) is 7.12. The van der Waals surface area contributed by atoms with Crippen molar-refractivity contribution in [3.05, 3.63) is 28.8 Å². The van der Waals surface area contributed by atoms with Crippen LogP contribution in [-0.4, -0.2) is 17.6 Å². The lowest BCUT2D eigenvalue weighted by atomic mass is 9.87. The summed E-state index contributed by atoms with van der Waals surface area (Å²) < 4.78 is 0. The monoisotopic (exact) mass is 297 g/mol. The molecule has 0 aliphatic carbocycles. The molecule has 2 N–H and O–H groups in total. The van der Waals surface area contributed by atoms with Crippen LogP contribution in [0.3, 0.4) is 0 Å². The minimum Gasteiger partial charge on any atom is -0.478 e. The zero-order valence-electron chi connectivity index (χ0n) is 12.5. The fraction of sp³-hybridized carbons (Fsp3) is 0.562. The van der Waals surface area contributed by atoms with Crippen molar-refractivity contribution in [2.24, 2.45) is 5.41 Å². The summed E-state index contributed by atoms with van der Waals surface area (Å²) in [7, 11) is 0. The summed E-state index contributed by atoms with van der Waals surface area (Å²) in [5.74, 6) is -0.999. The lowest BCUT2D eigenvalue weighted by Crippen LogP contribution is -2.23. The normalized spacial score (nSPS) is 11.4. The second kappa shape index (κ2) is 7.53. The van der Waals surface area contributed by atoms with Crippen molar-refractivity contribution in [2.45, 2.75) is 46.5 Å². The summed E-state index contributed by atoms with van der Waals surface area (Å²) in [5, 5.41) is 12.5. The predicted octanol–water partition coefficient (Wildman–Crippen LogP) is 5.06. The predicted molar refractivity (Wildman–Crippen MR) is 84.8 cm³/mol. The molecule has 3 nitrogen and oxygen atoms in total. The zero-order valence-corrected chi connectivity index (χ0v) is 13.3. The SMILES string of the molecule is CCCCCC(C)(C)CNc1ccc(C(=O)O)c(Cl)c1. The molecule has 0 saturated heterocycles. The molecule has 0 heterocycles. The Morgan fingerprint density at radius 2 is 2.05 bits per heavy atom. The van der Waals surface area contributed by atoms with Gasteiger partial charge in [-0.25, -0.2) is 4.79 Å². The van der Waals surface area contributed by atoms with Crippen molar-refractivity contribution in [1.29, 1.82) is 0 Å². The number of hydrogen-bond acceptors (Lipinski definition) is 2. The van der Waals surface area contributed by atoms with Gasteiger partial charge in [0.05, 0.1) is 10.6 Å². The number of nitrogens with one attached hydrogen (secondary N) is 1. The fourth-order valence-corrected chi connectivity index (χ4v) is 2.34. The smallest absolute Gasteiger partial charge is 0.337 e. The van der Waals surface area contributed by atoms with E-state index in [9.17, 15) is 4.79 Å². The molecule has 0 amide bonds. The van der Waals surface area contributed by atoms with E-state index in [1.807, 2.05) is 0 Å². The molecule has 1 aromatic carbocycles. The summed E-state index contributed by atoms with van der Waals surface area (Å²) in [6, 6.07) is 4.97. The highest BCUT2D eigenvalue weighted by molar-refractivity contribution is 6.33. The number of carboxylic acid groups (broad SMARTS) is 1. The van der Waals surface area contributed by atoms with Gasteiger partial charge >= 0.3 is 5.97 Å². The van der Waals surface area contributed by atoms with Crippen LogP contribution in [0, 0.1) is 5.41 Å². The highest BCUT2D eigenvalue weighted by Crippen LogP contribution is 2.26. The number of hydrogen-bond donors (Lipinski definition) is 2. The number of unbranched alkanes of at least 4 members (excludes halogenated alkanes) is 2. The summed E-state index contributed by atoms with van der Waals surface area (Å²) in [4.78, 5) is 10.9. The lowest BCUT2D eigenvalue weighted by molar-refractivity contribution is 0.0697. The van der Waals surface area contributed by atoms with E-state index in [0.717, 1.165) is 12.2 Å². The highest BCUT2D eigenvalue weighted by Gasteiger charge is 2.17. The molecule has 0 aliphatic rings. The van der Waals surface area contributed by atoms with Gasteiger partial charge < -0.3 is 10.4 Å². The number of carbonyl (C=O) groups is 1. The molecule has 1 aromatic rings.